The molecule has 0 saturated carbocycles. The molecule has 1 aromatic carbocycles. The fraction of sp³-hybridized carbons (Fsp3) is 0.316. The number of rotatable bonds is 3. The summed E-state index contributed by atoms with van der Waals surface area (Å²) in [4.78, 5) is 24.8. The van der Waals surface area contributed by atoms with Crippen molar-refractivity contribution in [3.63, 3.8) is 0 Å². The molecule has 1 aliphatic rings. The molecule has 3 heterocycles. The van der Waals surface area contributed by atoms with Crippen molar-refractivity contribution in [2.75, 3.05) is 23.3 Å². The first-order valence-electron chi connectivity index (χ1n) is 8.63. The molecule has 0 spiro atoms. The third kappa shape index (κ3) is 3.39. The largest absolute Gasteiger partial charge is 0.347 e. The highest BCUT2D eigenvalue weighted by atomic mass is 32.1. The van der Waals surface area contributed by atoms with Crippen LogP contribution in [-0.4, -0.2) is 29.0 Å². The topological polar surface area (TPSA) is 58.1 Å². The molecule has 3 aromatic rings. The molecule has 1 N–H and O–H groups in total. The summed E-state index contributed by atoms with van der Waals surface area (Å²) in [5, 5.41) is 3.86. The summed E-state index contributed by atoms with van der Waals surface area (Å²) in [6, 6.07) is 8.24. The van der Waals surface area contributed by atoms with Gasteiger partial charge in [-0.05, 0) is 55.7 Å². The van der Waals surface area contributed by atoms with Crippen LogP contribution in [0.3, 0.4) is 0 Å². The third-order valence-electron chi connectivity index (χ3n) is 4.66. The third-order valence-corrected chi connectivity index (χ3v) is 5.70. The van der Waals surface area contributed by atoms with Gasteiger partial charge in [-0.25, -0.2) is 14.4 Å². The lowest BCUT2D eigenvalue weighted by molar-refractivity contribution is -0.120. The van der Waals surface area contributed by atoms with E-state index in [9.17, 15) is 9.18 Å². The number of nitrogens with one attached hydrogen (secondary N) is 1. The van der Waals surface area contributed by atoms with Gasteiger partial charge in [0.15, 0.2) is 5.13 Å². The van der Waals surface area contributed by atoms with Crippen molar-refractivity contribution in [2.45, 2.75) is 19.8 Å². The second-order valence-corrected chi connectivity index (χ2v) is 7.51. The average Bonchev–Trinajstić information content (AvgIpc) is 3.08. The highest BCUT2D eigenvalue weighted by molar-refractivity contribution is 7.21. The van der Waals surface area contributed by atoms with Crippen molar-refractivity contribution in [2.24, 2.45) is 5.92 Å². The Morgan fingerprint density at radius 1 is 1.38 bits per heavy atom. The van der Waals surface area contributed by atoms with E-state index in [1.165, 1.54) is 12.1 Å². The number of amides is 1. The Kier molecular flexibility index (Phi) is 4.55. The smallest absolute Gasteiger partial charge is 0.229 e. The van der Waals surface area contributed by atoms with Gasteiger partial charge in [-0.15, -0.1) is 0 Å². The molecule has 0 radical (unpaired) electrons. The molecule has 7 heteroatoms. The molecule has 134 valence electrons. The lowest BCUT2D eigenvalue weighted by Crippen LogP contribution is -2.40. The normalized spacial score (nSPS) is 17.5. The highest BCUT2D eigenvalue weighted by Crippen LogP contribution is 2.30. The van der Waals surface area contributed by atoms with Crippen molar-refractivity contribution in [1.82, 2.24) is 9.97 Å². The number of halogens is 1. The minimum absolute atomic E-state index is 0.0244. The molecule has 0 unspecified atom stereocenters. The van der Waals surface area contributed by atoms with Gasteiger partial charge in [0.25, 0.3) is 0 Å². The summed E-state index contributed by atoms with van der Waals surface area (Å²) >= 11 is 1.56. The maximum atomic E-state index is 13.2. The standard InChI is InChI=1S/C19H19FN4OS/c1-12-10-14(20)6-7-15(12)22-17(25)13-4-3-9-24(11-13)19-23-16-5-2-8-21-18(16)26-19/h2,5-8,10,13H,3-4,9,11H2,1H3,(H,22,25)/t13-/m0/s1. The van der Waals surface area contributed by atoms with E-state index in [2.05, 4.69) is 20.2 Å². The molecule has 0 bridgehead atoms. The Balaban J connectivity index is 1.48. The fourth-order valence-corrected chi connectivity index (χ4v) is 4.20. The Labute approximate surface area is 154 Å². The Morgan fingerprint density at radius 3 is 3.08 bits per heavy atom. The van der Waals surface area contributed by atoms with Gasteiger partial charge in [-0.1, -0.05) is 11.3 Å². The van der Waals surface area contributed by atoms with Crippen molar-refractivity contribution < 1.29 is 9.18 Å². The number of fused-ring (bicyclic) bond motifs is 1. The fourth-order valence-electron chi connectivity index (χ4n) is 3.26. The molecular weight excluding hydrogens is 351 g/mol. The zero-order chi connectivity index (χ0) is 18.1. The second kappa shape index (κ2) is 6.99. The number of carbonyl (C=O) groups excluding carboxylic acids is 1. The number of thiazole rings is 1. The van der Waals surface area contributed by atoms with E-state index in [-0.39, 0.29) is 17.6 Å². The van der Waals surface area contributed by atoms with E-state index in [4.69, 9.17) is 0 Å². The van der Waals surface area contributed by atoms with Gasteiger partial charge in [-0.3, -0.25) is 4.79 Å². The second-order valence-electron chi connectivity index (χ2n) is 6.56. The average molecular weight is 370 g/mol. The predicted molar refractivity (Wildman–Crippen MR) is 102 cm³/mol. The van der Waals surface area contributed by atoms with Crippen LogP contribution in [0.25, 0.3) is 10.3 Å². The molecule has 1 amide bonds. The number of anilines is 2. The molecule has 0 aliphatic carbocycles. The van der Waals surface area contributed by atoms with Gasteiger partial charge in [0.2, 0.25) is 5.91 Å². The number of aryl methyl sites for hydroxylation is 1. The zero-order valence-corrected chi connectivity index (χ0v) is 15.2. The first-order chi connectivity index (χ1) is 12.6. The number of hydrogen-bond donors (Lipinski definition) is 1. The van der Waals surface area contributed by atoms with Gasteiger partial charge in [-0.2, -0.15) is 0 Å². The molecule has 26 heavy (non-hydrogen) atoms. The number of aromatic nitrogens is 2. The summed E-state index contributed by atoms with van der Waals surface area (Å²) in [5.74, 6) is -0.439. The molecule has 1 atom stereocenters. The van der Waals surface area contributed by atoms with Crippen molar-refractivity contribution in [1.29, 1.82) is 0 Å². The Bertz CT molecular complexity index is 925. The van der Waals surface area contributed by atoms with Crippen LogP contribution in [-0.2, 0) is 4.79 Å². The van der Waals surface area contributed by atoms with Crippen LogP contribution in [0.15, 0.2) is 36.5 Å². The van der Waals surface area contributed by atoms with E-state index in [1.807, 2.05) is 12.1 Å². The lowest BCUT2D eigenvalue weighted by Gasteiger charge is -2.31. The molecule has 1 aliphatic heterocycles. The minimum Gasteiger partial charge on any atom is -0.347 e. The maximum absolute atomic E-state index is 13.2. The quantitative estimate of drug-likeness (QED) is 0.757. The number of hydrogen-bond acceptors (Lipinski definition) is 5. The van der Waals surface area contributed by atoms with E-state index >= 15 is 0 Å². The summed E-state index contributed by atoms with van der Waals surface area (Å²) in [7, 11) is 0. The number of pyridine rings is 1. The van der Waals surface area contributed by atoms with Crippen molar-refractivity contribution >= 4 is 38.4 Å². The van der Waals surface area contributed by atoms with E-state index in [1.54, 1.807) is 30.5 Å². The Hall–Kier alpha value is -2.54. The van der Waals surface area contributed by atoms with Gasteiger partial charge in [0, 0.05) is 25.0 Å². The SMILES string of the molecule is Cc1cc(F)ccc1NC(=O)[C@H]1CCCN(c2nc3cccnc3s2)C1. The van der Waals surface area contributed by atoms with E-state index < -0.39 is 0 Å². The number of piperidine rings is 1. The Morgan fingerprint density at radius 2 is 2.27 bits per heavy atom. The predicted octanol–water partition coefficient (Wildman–Crippen LogP) is 3.99. The summed E-state index contributed by atoms with van der Waals surface area (Å²) < 4.78 is 13.2. The van der Waals surface area contributed by atoms with E-state index in [0.717, 1.165) is 40.4 Å². The van der Waals surface area contributed by atoms with Gasteiger partial charge < -0.3 is 10.2 Å². The molecule has 4 rings (SSSR count). The zero-order valence-electron chi connectivity index (χ0n) is 14.4. The summed E-state index contributed by atoms with van der Waals surface area (Å²) in [5.41, 5.74) is 2.28. The monoisotopic (exact) mass is 370 g/mol. The van der Waals surface area contributed by atoms with Crippen LogP contribution in [0.5, 0.6) is 0 Å². The van der Waals surface area contributed by atoms with Gasteiger partial charge >= 0.3 is 0 Å². The van der Waals surface area contributed by atoms with Crippen LogP contribution in [0.4, 0.5) is 15.2 Å². The maximum Gasteiger partial charge on any atom is 0.229 e. The lowest BCUT2D eigenvalue weighted by atomic mass is 9.97. The number of carbonyl (C=O) groups is 1. The first kappa shape index (κ1) is 16.9. The molecule has 1 saturated heterocycles. The van der Waals surface area contributed by atoms with Crippen molar-refractivity contribution in [3.05, 3.63) is 47.9 Å². The van der Waals surface area contributed by atoms with Gasteiger partial charge in [0.05, 0.1) is 5.92 Å². The van der Waals surface area contributed by atoms with Crippen molar-refractivity contribution in [3.8, 4) is 0 Å². The first-order valence-corrected chi connectivity index (χ1v) is 9.45. The highest BCUT2D eigenvalue weighted by Gasteiger charge is 2.27. The molecular formula is C19H19FN4OS. The molecule has 1 fully saturated rings. The van der Waals surface area contributed by atoms with Crippen LogP contribution in [0, 0.1) is 18.7 Å². The van der Waals surface area contributed by atoms with Crippen LogP contribution >= 0.6 is 11.3 Å². The molecule has 2 aromatic heterocycles. The summed E-state index contributed by atoms with van der Waals surface area (Å²) in [6.45, 7) is 3.31. The van der Waals surface area contributed by atoms with Gasteiger partial charge in [0.1, 0.15) is 16.2 Å². The van der Waals surface area contributed by atoms with Crippen LogP contribution in [0.2, 0.25) is 0 Å². The number of benzene rings is 1. The minimum atomic E-state index is -0.297. The summed E-state index contributed by atoms with van der Waals surface area (Å²) in [6.07, 6.45) is 3.54. The van der Waals surface area contributed by atoms with Crippen LogP contribution < -0.4 is 10.2 Å². The number of nitrogens with zero attached hydrogens (tertiary/aromatic N) is 3. The van der Waals surface area contributed by atoms with Crippen LogP contribution in [0.1, 0.15) is 18.4 Å². The molecule has 5 nitrogen and oxygen atoms in total. The van der Waals surface area contributed by atoms with E-state index in [0.29, 0.717) is 12.2 Å².